The van der Waals surface area contributed by atoms with Crippen molar-refractivity contribution in [2.45, 2.75) is 6.18 Å². The van der Waals surface area contributed by atoms with Crippen LogP contribution in [0.2, 0.25) is 5.02 Å². The summed E-state index contributed by atoms with van der Waals surface area (Å²) >= 11 is 5.97. The molecular formula is C25H17ClF3NO6. The number of benzene rings is 3. The summed E-state index contributed by atoms with van der Waals surface area (Å²) in [5.74, 6) is -2.92. The smallest absolute Gasteiger partial charge is 0.453 e. The van der Waals surface area contributed by atoms with Gasteiger partial charge in [0.1, 0.15) is 22.8 Å². The van der Waals surface area contributed by atoms with Gasteiger partial charge in [-0.15, -0.1) is 0 Å². The molecular weight excluding hydrogens is 503 g/mol. The summed E-state index contributed by atoms with van der Waals surface area (Å²) in [5.41, 5.74) is -1.04. The van der Waals surface area contributed by atoms with Gasteiger partial charge in [-0.2, -0.15) is 13.2 Å². The lowest BCUT2D eigenvalue weighted by Gasteiger charge is -2.14. The van der Waals surface area contributed by atoms with Crippen molar-refractivity contribution in [2.75, 3.05) is 19.0 Å². The van der Waals surface area contributed by atoms with Crippen LogP contribution in [0.3, 0.4) is 0 Å². The Bertz CT molecular complexity index is 1490. The molecule has 186 valence electrons. The van der Waals surface area contributed by atoms with Crippen molar-refractivity contribution >= 4 is 34.2 Å². The van der Waals surface area contributed by atoms with Gasteiger partial charge in [-0.3, -0.25) is 9.59 Å². The second kappa shape index (κ2) is 10.2. The van der Waals surface area contributed by atoms with E-state index in [0.717, 1.165) is 6.07 Å². The van der Waals surface area contributed by atoms with Gasteiger partial charge in [0, 0.05) is 6.07 Å². The van der Waals surface area contributed by atoms with Gasteiger partial charge in [-0.25, -0.2) is 0 Å². The number of carbonyl (C=O) groups excluding carboxylic acids is 1. The molecule has 7 nitrogen and oxygen atoms in total. The van der Waals surface area contributed by atoms with E-state index in [1.54, 1.807) is 30.3 Å². The average Bonchev–Trinajstić information content (AvgIpc) is 2.85. The summed E-state index contributed by atoms with van der Waals surface area (Å²) in [5, 5.41) is 2.43. The summed E-state index contributed by atoms with van der Waals surface area (Å²) in [7, 11) is 1.45. The topological polar surface area (TPSA) is 87.0 Å². The van der Waals surface area contributed by atoms with Crippen molar-refractivity contribution in [1.29, 1.82) is 0 Å². The molecule has 1 N–H and O–H groups in total. The third kappa shape index (κ3) is 5.38. The molecule has 0 aliphatic rings. The molecule has 4 rings (SSSR count). The van der Waals surface area contributed by atoms with Crippen molar-refractivity contribution in [1.82, 2.24) is 0 Å². The van der Waals surface area contributed by atoms with E-state index in [1.807, 2.05) is 0 Å². The SMILES string of the molecule is COc1ccccc1NC(=O)COc1ccc2c(=O)c(Oc3ccccc3Cl)c(C(F)(F)F)oc2c1. The maximum absolute atomic E-state index is 13.7. The maximum atomic E-state index is 13.7. The molecule has 11 heteroatoms. The van der Waals surface area contributed by atoms with Gasteiger partial charge in [0.05, 0.1) is 23.2 Å². The highest BCUT2D eigenvalue weighted by atomic mass is 35.5. The third-order valence-electron chi connectivity index (χ3n) is 4.88. The van der Waals surface area contributed by atoms with E-state index in [-0.39, 0.29) is 21.9 Å². The lowest BCUT2D eigenvalue weighted by molar-refractivity contribution is -0.154. The molecule has 0 saturated carbocycles. The molecule has 0 unspecified atom stereocenters. The van der Waals surface area contributed by atoms with Gasteiger partial charge in [0.25, 0.3) is 11.7 Å². The van der Waals surface area contributed by atoms with Crippen LogP contribution in [-0.2, 0) is 11.0 Å². The number of nitrogens with one attached hydrogen (secondary N) is 1. The molecule has 0 fully saturated rings. The average molecular weight is 520 g/mol. The predicted molar refractivity (Wildman–Crippen MR) is 126 cm³/mol. The standard InChI is InChI=1S/C25H17ClF3NO6/c1-33-19-9-5-3-7-17(19)30-21(31)13-34-14-10-11-15-20(12-14)36-24(25(27,28)29)23(22(15)32)35-18-8-4-2-6-16(18)26/h2-12H,13H2,1H3,(H,30,31). The first-order valence-electron chi connectivity index (χ1n) is 10.3. The molecule has 0 radical (unpaired) electrons. The van der Waals surface area contributed by atoms with Crippen LogP contribution < -0.4 is 25.0 Å². The van der Waals surface area contributed by atoms with Crippen LogP contribution in [0.1, 0.15) is 5.76 Å². The van der Waals surface area contributed by atoms with Crippen molar-refractivity contribution in [2.24, 2.45) is 0 Å². The largest absolute Gasteiger partial charge is 0.495 e. The highest BCUT2D eigenvalue weighted by Gasteiger charge is 2.40. The zero-order chi connectivity index (χ0) is 25.9. The van der Waals surface area contributed by atoms with Gasteiger partial charge in [-0.05, 0) is 36.4 Å². The van der Waals surface area contributed by atoms with E-state index in [4.69, 9.17) is 30.2 Å². The van der Waals surface area contributed by atoms with Crippen LogP contribution in [0, 0.1) is 0 Å². The third-order valence-corrected chi connectivity index (χ3v) is 5.19. The number of hydrogen-bond donors (Lipinski definition) is 1. The molecule has 1 heterocycles. The fourth-order valence-corrected chi connectivity index (χ4v) is 3.42. The lowest BCUT2D eigenvalue weighted by atomic mass is 10.2. The van der Waals surface area contributed by atoms with E-state index < -0.39 is 41.2 Å². The Morgan fingerprint density at radius 3 is 2.42 bits per heavy atom. The van der Waals surface area contributed by atoms with Crippen LogP contribution in [0.5, 0.6) is 23.0 Å². The Hall–Kier alpha value is -4.18. The zero-order valence-corrected chi connectivity index (χ0v) is 19.3. The van der Waals surface area contributed by atoms with E-state index in [2.05, 4.69) is 5.32 Å². The van der Waals surface area contributed by atoms with Crippen LogP contribution >= 0.6 is 11.6 Å². The summed E-state index contributed by atoms with van der Waals surface area (Å²) in [4.78, 5) is 25.2. The molecule has 36 heavy (non-hydrogen) atoms. The fraction of sp³-hybridized carbons (Fsp3) is 0.120. The number of hydrogen-bond acceptors (Lipinski definition) is 6. The summed E-state index contributed by atoms with van der Waals surface area (Å²) in [6.07, 6.45) is -5.05. The van der Waals surface area contributed by atoms with Crippen molar-refractivity contribution in [3.05, 3.63) is 87.7 Å². The minimum absolute atomic E-state index is 0.00808. The molecule has 0 spiro atoms. The van der Waals surface area contributed by atoms with E-state index in [9.17, 15) is 22.8 Å². The zero-order valence-electron chi connectivity index (χ0n) is 18.5. The quantitative estimate of drug-likeness (QED) is 0.309. The van der Waals surface area contributed by atoms with Gasteiger partial charge in [0.15, 0.2) is 6.61 Å². The number of alkyl halides is 3. The molecule has 3 aromatic carbocycles. The van der Waals surface area contributed by atoms with Crippen molar-refractivity contribution in [3.8, 4) is 23.0 Å². The Kier molecular flexibility index (Phi) is 7.07. The maximum Gasteiger partial charge on any atom is 0.453 e. The van der Waals surface area contributed by atoms with Crippen molar-refractivity contribution in [3.63, 3.8) is 0 Å². The number of methoxy groups -OCH3 is 1. The molecule has 1 aromatic heterocycles. The molecule has 0 aliphatic heterocycles. The van der Waals surface area contributed by atoms with E-state index >= 15 is 0 Å². The first-order chi connectivity index (χ1) is 17.2. The second-order valence-corrected chi connectivity index (χ2v) is 7.72. The van der Waals surface area contributed by atoms with Crippen molar-refractivity contribution < 1.29 is 36.6 Å². The molecule has 0 aliphatic carbocycles. The summed E-state index contributed by atoms with van der Waals surface area (Å²) in [6, 6.07) is 16.1. The monoisotopic (exact) mass is 519 g/mol. The number of fused-ring (bicyclic) bond motifs is 1. The van der Waals surface area contributed by atoms with Crippen LogP contribution in [0.25, 0.3) is 11.0 Å². The number of carbonyl (C=O) groups is 1. The number of rotatable bonds is 7. The van der Waals surface area contributed by atoms with E-state index in [0.29, 0.717) is 11.4 Å². The molecule has 4 aromatic rings. The van der Waals surface area contributed by atoms with Gasteiger partial charge in [0.2, 0.25) is 11.2 Å². The Morgan fingerprint density at radius 2 is 1.72 bits per heavy atom. The fourth-order valence-electron chi connectivity index (χ4n) is 3.25. The van der Waals surface area contributed by atoms with Gasteiger partial charge >= 0.3 is 6.18 Å². The Morgan fingerprint density at radius 1 is 1.03 bits per heavy atom. The van der Waals surface area contributed by atoms with Crippen LogP contribution in [0.15, 0.2) is 75.9 Å². The Balaban J connectivity index is 1.61. The molecule has 0 saturated heterocycles. The summed E-state index contributed by atoms with van der Waals surface area (Å²) < 4.78 is 62.0. The lowest BCUT2D eigenvalue weighted by Crippen LogP contribution is -2.20. The van der Waals surface area contributed by atoms with E-state index in [1.165, 1.54) is 37.4 Å². The number of anilines is 1. The van der Waals surface area contributed by atoms with Gasteiger partial charge < -0.3 is 23.9 Å². The number of amides is 1. The normalized spacial score (nSPS) is 11.2. The second-order valence-electron chi connectivity index (χ2n) is 7.31. The number of ether oxygens (including phenoxy) is 3. The number of halogens is 4. The van der Waals surface area contributed by atoms with Crippen LogP contribution in [0.4, 0.5) is 18.9 Å². The molecule has 0 atom stereocenters. The molecule has 1 amide bonds. The highest BCUT2D eigenvalue weighted by Crippen LogP contribution is 2.39. The molecule has 0 bridgehead atoms. The highest BCUT2D eigenvalue weighted by molar-refractivity contribution is 6.32. The first-order valence-corrected chi connectivity index (χ1v) is 10.7. The number of para-hydroxylation sites is 3. The van der Waals surface area contributed by atoms with Crippen LogP contribution in [-0.4, -0.2) is 19.6 Å². The predicted octanol–water partition coefficient (Wildman–Crippen LogP) is 6.28. The summed E-state index contributed by atoms with van der Waals surface area (Å²) in [6.45, 7) is -0.465. The minimum atomic E-state index is -5.05. The minimum Gasteiger partial charge on any atom is -0.495 e. The van der Waals surface area contributed by atoms with Gasteiger partial charge in [-0.1, -0.05) is 35.9 Å². The Labute approximate surface area is 207 Å². The first kappa shape index (κ1) is 24.9.